The number of hydrogen-bond acceptors (Lipinski definition) is 6. The summed E-state index contributed by atoms with van der Waals surface area (Å²) >= 11 is 0. The fraction of sp³-hybridized carbons (Fsp3) is 0.458. The maximum atomic E-state index is 12.2. The lowest BCUT2D eigenvalue weighted by molar-refractivity contribution is -0.148. The zero-order chi connectivity index (χ0) is 20.8. The zero-order valence-corrected chi connectivity index (χ0v) is 17.6. The van der Waals surface area contributed by atoms with Crippen molar-refractivity contribution >= 4 is 12.0 Å². The average molecular weight is 411 g/mol. The van der Waals surface area contributed by atoms with Crippen molar-refractivity contribution in [3.05, 3.63) is 59.6 Å². The number of nitrogens with zero attached hydrogens (tertiary/aromatic N) is 2. The van der Waals surface area contributed by atoms with Crippen molar-refractivity contribution in [1.29, 1.82) is 0 Å². The average Bonchev–Trinajstić information content (AvgIpc) is 3.20. The first kappa shape index (κ1) is 20.7. The van der Waals surface area contributed by atoms with Crippen LogP contribution >= 0.6 is 0 Å². The quantitative estimate of drug-likeness (QED) is 0.677. The molecule has 0 amide bonds. The summed E-state index contributed by atoms with van der Waals surface area (Å²) in [4.78, 5) is 16.8. The van der Waals surface area contributed by atoms with Gasteiger partial charge in [0.15, 0.2) is 0 Å². The first-order valence-corrected chi connectivity index (χ1v) is 10.7. The third-order valence-corrected chi connectivity index (χ3v) is 5.85. The van der Waals surface area contributed by atoms with Crippen molar-refractivity contribution in [2.75, 3.05) is 33.4 Å². The molecule has 160 valence electrons. The van der Waals surface area contributed by atoms with E-state index < -0.39 is 0 Å². The van der Waals surface area contributed by atoms with E-state index in [0.29, 0.717) is 6.61 Å². The Balaban J connectivity index is 1.43. The summed E-state index contributed by atoms with van der Waals surface area (Å²) in [5, 5.41) is 0. The summed E-state index contributed by atoms with van der Waals surface area (Å²) in [5.41, 5.74) is 2.41. The number of likely N-dealkylation sites (tertiary alicyclic amines) is 1. The Morgan fingerprint density at radius 2 is 2.20 bits per heavy atom. The van der Waals surface area contributed by atoms with Gasteiger partial charge in [-0.3, -0.25) is 14.6 Å². The Hall–Kier alpha value is -2.57. The minimum absolute atomic E-state index is 0.123. The lowest BCUT2D eigenvalue weighted by Crippen LogP contribution is -2.44. The summed E-state index contributed by atoms with van der Waals surface area (Å²) in [6.07, 6.45) is 8.89. The molecule has 4 rings (SSSR count). The standard InChI is InChI=1S/C24H30N2O4/c1-28-24(27)22-8-2-3-12-26(22)17-19-9-10-23-20(16-19)18-25(13-15-30-23)11-4-6-21-7-5-14-29-21/h4-7,9-10,14,16,22H,2-3,8,11-13,15,17-18H2,1H3/b6-4+. The molecule has 0 spiro atoms. The number of rotatable bonds is 6. The van der Waals surface area contributed by atoms with Gasteiger partial charge in [-0.2, -0.15) is 0 Å². The van der Waals surface area contributed by atoms with Crippen molar-refractivity contribution in [1.82, 2.24) is 9.80 Å². The normalized spacial score (nSPS) is 20.5. The summed E-state index contributed by atoms with van der Waals surface area (Å²) in [5.74, 6) is 1.70. The van der Waals surface area contributed by atoms with Gasteiger partial charge in [-0.05, 0) is 55.3 Å². The number of ether oxygens (including phenoxy) is 2. The van der Waals surface area contributed by atoms with E-state index in [1.54, 1.807) is 6.26 Å². The van der Waals surface area contributed by atoms with Crippen LogP contribution in [0.2, 0.25) is 0 Å². The molecule has 1 aromatic heterocycles. The van der Waals surface area contributed by atoms with Crippen LogP contribution in [0.4, 0.5) is 0 Å². The van der Waals surface area contributed by atoms with Crippen LogP contribution in [0.1, 0.15) is 36.1 Å². The first-order valence-electron chi connectivity index (χ1n) is 10.7. The van der Waals surface area contributed by atoms with Crippen LogP contribution in [0.15, 0.2) is 47.1 Å². The van der Waals surface area contributed by atoms with Crippen molar-refractivity contribution < 1.29 is 18.7 Å². The number of carbonyl (C=O) groups is 1. The highest BCUT2D eigenvalue weighted by Crippen LogP contribution is 2.27. The van der Waals surface area contributed by atoms with Crippen LogP contribution in [0.3, 0.4) is 0 Å². The van der Waals surface area contributed by atoms with Gasteiger partial charge in [0, 0.05) is 31.7 Å². The number of hydrogen-bond donors (Lipinski definition) is 0. The fourth-order valence-corrected chi connectivity index (χ4v) is 4.28. The molecule has 2 aromatic rings. The van der Waals surface area contributed by atoms with Crippen LogP contribution < -0.4 is 4.74 Å². The highest BCUT2D eigenvalue weighted by atomic mass is 16.5. The van der Waals surface area contributed by atoms with Crippen LogP contribution in [0, 0.1) is 0 Å². The molecule has 1 fully saturated rings. The second-order valence-electron chi connectivity index (χ2n) is 7.95. The summed E-state index contributed by atoms with van der Waals surface area (Å²) in [7, 11) is 1.48. The van der Waals surface area contributed by atoms with Gasteiger partial charge in [0.1, 0.15) is 24.2 Å². The summed E-state index contributed by atoms with van der Waals surface area (Å²) in [6.45, 7) is 4.92. The lowest BCUT2D eigenvalue weighted by atomic mass is 10.0. The molecular formula is C24H30N2O4. The number of furan rings is 1. The van der Waals surface area contributed by atoms with Crippen LogP contribution in [-0.2, 0) is 22.6 Å². The minimum Gasteiger partial charge on any atom is -0.492 e. The molecule has 30 heavy (non-hydrogen) atoms. The smallest absolute Gasteiger partial charge is 0.323 e. The minimum atomic E-state index is -0.137. The van der Waals surface area contributed by atoms with Crippen LogP contribution in [0.5, 0.6) is 5.75 Å². The molecule has 0 aliphatic carbocycles. The van der Waals surface area contributed by atoms with Gasteiger partial charge in [0.25, 0.3) is 0 Å². The summed E-state index contributed by atoms with van der Waals surface area (Å²) < 4.78 is 16.4. The molecule has 1 saturated heterocycles. The molecule has 6 nitrogen and oxygen atoms in total. The molecule has 3 heterocycles. The highest BCUT2D eigenvalue weighted by molar-refractivity contribution is 5.75. The number of benzene rings is 1. The predicted molar refractivity (Wildman–Crippen MR) is 115 cm³/mol. The van der Waals surface area contributed by atoms with E-state index >= 15 is 0 Å². The molecule has 1 atom stereocenters. The number of esters is 1. The van der Waals surface area contributed by atoms with E-state index in [4.69, 9.17) is 13.9 Å². The van der Waals surface area contributed by atoms with E-state index in [1.165, 1.54) is 18.2 Å². The Morgan fingerprint density at radius 3 is 3.03 bits per heavy atom. The second kappa shape index (κ2) is 9.96. The van der Waals surface area contributed by atoms with E-state index in [1.807, 2.05) is 18.2 Å². The Kier molecular flexibility index (Phi) is 6.87. The maximum absolute atomic E-state index is 12.2. The van der Waals surface area contributed by atoms with Gasteiger partial charge in [0.05, 0.1) is 13.4 Å². The number of carbonyl (C=O) groups excluding carboxylic acids is 1. The monoisotopic (exact) mass is 410 g/mol. The molecule has 1 aromatic carbocycles. The zero-order valence-electron chi connectivity index (χ0n) is 17.6. The Morgan fingerprint density at radius 1 is 1.27 bits per heavy atom. The molecule has 6 heteroatoms. The van der Waals surface area contributed by atoms with Gasteiger partial charge in [-0.25, -0.2) is 0 Å². The molecule has 0 radical (unpaired) electrons. The third-order valence-electron chi connectivity index (χ3n) is 5.85. The van der Waals surface area contributed by atoms with Crippen molar-refractivity contribution in [2.45, 2.75) is 38.4 Å². The predicted octanol–water partition coefficient (Wildman–Crippen LogP) is 3.71. The van der Waals surface area contributed by atoms with Gasteiger partial charge in [-0.1, -0.05) is 18.6 Å². The van der Waals surface area contributed by atoms with Gasteiger partial charge >= 0.3 is 5.97 Å². The number of piperidine rings is 1. The van der Waals surface area contributed by atoms with Gasteiger partial charge in [0.2, 0.25) is 0 Å². The largest absolute Gasteiger partial charge is 0.492 e. The second-order valence-corrected chi connectivity index (χ2v) is 7.95. The van der Waals surface area contributed by atoms with Gasteiger partial charge < -0.3 is 13.9 Å². The van der Waals surface area contributed by atoms with Gasteiger partial charge in [-0.15, -0.1) is 0 Å². The van der Waals surface area contributed by atoms with E-state index in [0.717, 1.165) is 63.5 Å². The SMILES string of the molecule is COC(=O)C1CCCCN1Cc1ccc2c(c1)CN(C/C=C/c1ccco1)CCO2. The molecule has 2 aliphatic heterocycles. The van der Waals surface area contributed by atoms with Crippen LogP contribution in [0.25, 0.3) is 6.08 Å². The number of methoxy groups -OCH3 is 1. The van der Waals surface area contributed by atoms with E-state index in [9.17, 15) is 4.79 Å². The highest BCUT2D eigenvalue weighted by Gasteiger charge is 2.29. The van der Waals surface area contributed by atoms with E-state index in [2.05, 4.69) is 34.1 Å². The molecule has 2 aliphatic rings. The lowest BCUT2D eigenvalue weighted by Gasteiger charge is -2.33. The summed E-state index contributed by atoms with van der Waals surface area (Å²) in [6, 6.07) is 10.1. The topological polar surface area (TPSA) is 55.2 Å². The molecular weight excluding hydrogens is 380 g/mol. The molecule has 0 bridgehead atoms. The van der Waals surface area contributed by atoms with Crippen LogP contribution in [-0.4, -0.2) is 55.2 Å². The number of fused-ring (bicyclic) bond motifs is 1. The fourth-order valence-electron chi connectivity index (χ4n) is 4.28. The first-order chi connectivity index (χ1) is 14.7. The Bertz CT molecular complexity index is 862. The third kappa shape index (κ3) is 5.12. The van der Waals surface area contributed by atoms with E-state index in [-0.39, 0.29) is 12.0 Å². The van der Waals surface area contributed by atoms with Crippen molar-refractivity contribution in [2.24, 2.45) is 0 Å². The molecule has 1 unspecified atom stereocenters. The van der Waals surface area contributed by atoms with Crippen molar-refractivity contribution in [3.8, 4) is 5.75 Å². The maximum Gasteiger partial charge on any atom is 0.323 e. The molecule has 0 N–H and O–H groups in total. The molecule has 0 saturated carbocycles. The van der Waals surface area contributed by atoms with Crippen molar-refractivity contribution in [3.63, 3.8) is 0 Å². The Labute approximate surface area is 178 Å².